The molecule has 3 heteroatoms. The van der Waals surface area contributed by atoms with Crippen molar-refractivity contribution in [3.8, 4) is 5.75 Å². The highest BCUT2D eigenvalue weighted by Crippen LogP contribution is 2.26. The molecule has 3 nitrogen and oxygen atoms in total. The maximum atomic E-state index is 9.74. The van der Waals surface area contributed by atoms with Gasteiger partial charge in [0, 0.05) is 11.3 Å². The summed E-state index contributed by atoms with van der Waals surface area (Å²) in [6, 6.07) is 11.7. The molecule has 0 radical (unpaired) electrons. The first-order valence-corrected chi connectivity index (χ1v) is 6.40. The predicted octanol–water partition coefficient (Wildman–Crippen LogP) is 3.33. The summed E-state index contributed by atoms with van der Waals surface area (Å²) in [5.74, 6) is 0.721. The largest absolute Gasteiger partial charge is 0.487 e. The molecule has 0 amide bonds. The van der Waals surface area contributed by atoms with E-state index in [1.807, 2.05) is 50.2 Å². The van der Waals surface area contributed by atoms with Crippen molar-refractivity contribution in [2.24, 2.45) is 0 Å². The molecule has 1 atom stereocenters. The molecule has 0 aliphatic heterocycles. The van der Waals surface area contributed by atoms with E-state index in [9.17, 15) is 5.11 Å². The van der Waals surface area contributed by atoms with Crippen molar-refractivity contribution in [2.45, 2.75) is 33.5 Å². The quantitative estimate of drug-likeness (QED) is 0.913. The molecule has 1 aromatic heterocycles. The van der Waals surface area contributed by atoms with Crippen LogP contribution in [0.25, 0.3) is 0 Å². The first-order chi connectivity index (χ1) is 9.06. The van der Waals surface area contributed by atoms with Crippen LogP contribution in [0.2, 0.25) is 0 Å². The van der Waals surface area contributed by atoms with E-state index >= 15 is 0 Å². The summed E-state index contributed by atoms with van der Waals surface area (Å²) in [6.07, 6.45) is -0.541. The Bertz CT molecular complexity index is 564. The maximum absolute atomic E-state index is 9.74. The van der Waals surface area contributed by atoms with Gasteiger partial charge in [-0.05, 0) is 44.5 Å². The molecule has 0 fully saturated rings. The highest BCUT2D eigenvalue weighted by molar-refractivity contribution is 5.38. The van der Waals surface area contributed by atoms with E-state index in [1.165, 1.54) is 0 Å². The number of rotatable bonds is 4. The minimum Gasteiger partial charge on any atom is -0.487 e. The Hall–Kier alpha value is -1.87. The molecule has 2 rings (SSSR count). The highest BCUT2D eigenvalue weighted by Gasteiger charge is 2.09. The third-order valence-corrected chi connectivity index (χ3v) is 2.94. The number of ether oxygens (including phenoxy) is 1. The summed E-state index contributed by atoms with van der Waals surface area (Å²) in [5.41, 5.74) is 3.77. The Morgan fingerprint density at radius 1 is 1.21 bits per heavy atom. The van der Waals surface area contributed by atoms with E-state index in [0.29, 0.717) is 6.61 Å². The summed E-state index contributed by atoms with van der Waals surface area (Å²) >= 11 is 0. The first kappa shape index (κ1) is 13.6. The molecule has 0 saturated heterocycles. The second-order valence-electron chi connectivity index (χ2n) is 4.78. The molecule has 2 aromatic rings. The third-order valence-electron chi connectivity index (χ3n) is 2.94. The van der Waals surface area contributed by atoms with Crippen molar-refractivity contribution >= 4 is 0 Å². The second kappa shape index (κ2) is 5.85. The fraction of sp³-hybridized carbons (Fsp3) is 0.312. The number of pyridine rings is 1. The van der Waals surface area contributed by atoms with Gasteiger partial charge >= 0.3 is 0 Å². The summed E-state index contributed by atoms with van der Waals surface area (Å²) in [5, 5.41) is 9.74. The predicted molar refractivity (Wildman–Crippen MR) is 75.1 cm³/mol. The summed E-state index contributed by atoms with van der Waals surface area (Å²) < 4.78 is 5.80. The Labute approximate surface area is 113 Å². The standard InChI is InChI=1S/C16H19NO2/c1-11-7-8-15(13(3)18)16(9-11)19-10-14-6-4-5-12(2)17-14/h4-9,13,18H,10H2,1-3H3. The number of benzene rings is 1. The Morgan fingerprint density at radius 3 is 2.68 bits per heavy atom. The summed E-state index contributed by atoms with van der Waals surface area (Å²) in [7, 11) is 0. The Morgan fingerprint density at radius 2 is 2.00 bits per heavy atom. The van der Waals surface area contributed by atoms with Crippen LogP contribution in [-0.4, -0.2) is 10.1 Å². The van der Waals surface area contributed by atoms with Crippen LogP contribution in [0.4, 0.5) is 0 Å². The number of aliphatic hydroxyl groups is 1. The first-order valence-electron chi connectivity index (χ1n) is 6.40. The lowest BCUT2D eigenvalue weighted by atomic mass is 10.1. The van der Waals surface area contributed by atoms with E-state index in [2.05, 4.69) is 4.98 Å². The topological polar surface area (TPSA) is 42.4 Å². The molecule has 1 N–H and O–H groups in total. The molecule has 1 unspecified atom stereocenters. The number of aryl methyl sites for hydroxylation is 2. The molecule has 0 bridgehead atoms. The smallest absolute Gasteiger partial charge is 0.130 e. The molecular formula is C16H19NO2. The Kier molecular flexibility index (Phi) is 4.17. The zero-order valence-corrected chi connectivity index (χ0v) is 11.6. The van der Waals surface area contributed by atoms with E-state index in [1.54, 1.807) is 6.92 Å². The van der Waals surface area contributed by atoms with Crippen LogP contribution in [0.15, 0.2) is 36.4 Å². The minimum absolute atomic E-state index is 0.408. The van der Waals surface area contributed by atoms with E-state index < -0.39 is 6.10 Å². The fourth-order valence-corrected chi connectivity index (χ4v) is 1.94. The molecule has 0 spiro atoms. The van der Waals surface area contributed by atoms with Crippen molar-refractivity contribution < 1.29 is 9.84 Å². The van der Waals surface area contributed by atoms with Crippen LogP contribution in [-0.2, 0) is 6.61 Å². The Balaban J connectivity index is 2.17. The fourth-order valence-electron chi connectivity index (χ4n) is 1.94. The highest BCUT2D eigenvalue weighted by atomic mass is 16.5. The van der Waals surface area contributed by atoms with E-state index in [-0.39, 0.29) is 0 Å². The summed E-state index contributed by atoms with van der Waals surface area (Å²) in [6.45, 7) is 6.11. The number of aliphatic hydroxyl groups excluding tert-OH is 1. The van der Waals surface area contributed by atoms with Crippen LogP contribution >= 0.6 is 0 Å². The molecule has 1 aromatic carbocycles. The van der Waals surface area contributed by atoms with Gasteiger partial charge < -0.3 is 9.84 Å². The van der Waals surface area contributed by atoms with Gasteiger partial charge in [0.2, 0.25) is 0 Å². The van der Waals surface area contributed by atoms with E-state index in [4.69, 9.17) is 4.74 Å². The molecule has 100 valence electrons. The number of aromatic nitrogens is 1. The normalized spacial score (nSPS) is 12.2. The maximum Gasteiger partial charge on any atom is 0.130 e. The third kappa shape index (κ3) is 3.55. The van der Waals surface area contributed by atoms with Crippen LogP contribution in [0.3, 0.4) is 0 Å². The molecule has 0 aliphatic rings. The van der Waals surface area contributed by atoms with Gasteiger partial charge in [0.15, 0.2) is 0 Å². The second-order valence-corrected chi connectivity index (χ2v) is 4.78. The van der Waals surface area contributed by atoms with Crippen molar-refractivity contribution in [1.82, 2.24) is 4.98 Å². The van der Waals surface area contributed by atoms with Crippen LogP contribution in [0, 0.1) is 13.8 Å². The molecule has 1 heterocycles. The van der Waals surface area contributed by atoms with Crippen molar-refractivity contribution in [1.29, 1.82) is 0 Å². The van der Waals surface area contributed by atoms with Crippen LogP contribution in [0.5, 0.6) is 5.75 Å². The van der Waals surface area contributed by atoms with Gasteiger partial charge in [-0.15, -0.1) is 0 Å². The van der Waals surface area contributed by atoms with Gasteiger partial charge in [-0.1, -0.05) is 18.2 Å². The van der Waals surface area contributed by atoms with Crippen molar-refractivity contribution in [3.05, 3.63) is 58.9 Å². The van der Waals surface area contributed by atoms with Gasteiger partial charge in [-0.25, -0.2) is 0 Å². The van der Waals surface area contributed by atoms with Crippen LogP contribution in [0.1, 0.15) is 35.5 Å². The lowest BCUT2D eigenvalue weighted by molar-refractivity contribution is 0.189. The van der Waals surface area contributed by atoms with E-state index in [0.717, 1.165) is 28.3 Å². The lowest BCUT2D eigenvalue weighted by Crippen LogP contribution is -2.03. The molecule has 0 saturated carbocycles. The zero-order valence-electron chi connectivity index (χ0n) is 11.6. The number of hydrogen-bond acceptors (Lipinski definition) is 3. The van der Waals surface area contributed by atoms with Gasteiger partial charge in [-0.2, -0.15) is 0 Å². The average molecular weight is 257 g/mol. The number of hydrogen-bond donors (Lipinski definition) is 1. The monoisotopic (exact) mass is 257 g/mol. The van der Waals surface area contributed by atoms with Gasteiger partial charge in [0.05, 0.1) is 11.8 Å². The number of nitrogens with zero attached hydrogens (tertiary/aromatic N) is 1. The van der Waals surface area contributed by atoms with Crippen molar-refractivity contribution in [2.75, 3.05) is 0 Å². The van der Waals surface area contributed by atoms with Crippen LogP contribution < -0.4 is 4.74 Å². The van der Waals surface area contributed by atoms with Gasteiger partial charge in [0.25, 0.3) is 0 Å². The minimum atomic E-state index is -0.541. The molecule has 19 heavy (non-hydrogen) atoms. The molecule has 0 aliphatic carbocycles. The lowest BCUT2D eigenvalue weighted by Gasteiger charge is -2.14. The average Bonchev–Trinajstić information content (AvgIpc) is 2.36. The van der Waals surface area contributed by atoms with Gasteiger partial charge in [0.1, 0.15) is 12.4 Å². The SMILES string of the molecule is Cc1ccc(C(C)O)c(OCc2cccc(C)n2)c1. The zero-order chi connectivity index (χ0) is 13.8. The van der Waals surface area contributed by atoms with Gasteiger partial charge in [-0.3, -0.25) is 4.98 Å². The van der Waals surface area contributed by atoms with Crippen molar-refractivity contribution in [3.63, 3.8) is 0 Å². The summed E-state index contributed by atoms with van der Waals surface area (Å²) in [4.78, 5) is 4.40. The molecular weight excluding hydrogens is 238 g/mol.